The number of aromatic nitrogens is 2. The number of halogens is 2. The molecule has 2 N–H and O–H groups in total. The molecular formula is C22H27F2N5O2S2. The molecule has 0 saturated carbocycles. The second-order valence-electron chi connectivity index (χ2n) is 8.63. The second kappa shape index (κ2) is 9.70. The number of hydrogen-bond donors (Lipinski definition) is 2. The molecule has 0 unspecified atom stereocenters. The highest BCUT2D eigenvalue weighted by Crippen LogP contribution is 2.25. The zero-order valence-electron chi connectivity index (χ0n) is 19.1. The minimum atomic E-state index is -3.90. The minimum Gasteiger partial charge on any atom is -0.379 e. The van der Waals surface area contributed by atoms with E-state index in [-0.39, 0.29) is 40.6 Å². The number of sulfonamides is 1. The average molecular weight is 496 g/mol. The summed E-state index contributed by atoms with van der Waals surface area (Å²) in [5, 5.41) is 4.47. The van der Waals surface area contributed by atoms with Crippen molar-refractivity contribution in [1.29, 1.82) is 0 Å². The van der Waals surface area contributed by atoms with E-state index in [1.54, 1.807) is 18.4 Å². The molecule has 2 aromatic heterocycles. The van der Waals surface area contributed by atoms with Crippen molar-refractivity contribution in [3.8, 4) is 0 Å². The summed E-state index contributed by atoms with van der Waals surface area (Å²) in [5.41, 5.74) is 2.70. The quantitative estimate of drug-likeness (QED) is 0.468. The molecule has 0 radical (unpaired) electrons. The molecule has 2 heterocycles. The van der Waals surface area contributed by atoms with E-state index in [1.807, 2.05) is 32.7 Å². The molecule has 33 heavy (non-hydrogen) atoms. The summed E-state index contributed by atoms with van der Waals surface area (Å²) < 4.78 is 56.7. The maximum absolute atomic E-state index is 14.6. The lowest BCUT2D eigenvalue weighted by atomic mass is 10.0. The molecule has 0 aliphatic heterocycles. The Morgan fingerprint density at radius 2 is 1.76 bits per heavy atom. The van der Waals surface area contributed by atoms with Crippen molar-refractivity contribution in [3.63, 3.8) is 0 Å². The SMILES string of the molecule is Cc1nc(S(=O)(=O)Nc2cscn2)ccc1NCc1c(F)ccc(F)c1CN(C)C(C)(C)C. The molecule has 0 spiro atoms. The normalized spacial score (nSPS) is 12.2. The summed E-state index contributed by atoms with van der Waals surface area (Å²) in [5.74, 6) is -0.775. The van der Waals surface area contributed by atoms with Crippen molar-refractivity contribution in [2.45, 2.75) is 51.3 Å². The van der Waals surface area contributed by atoms with Crippen LogP contribution in [0.1, 0.15) is 37.6 Å². The van der Waals surface area contributed by atoms with Gasteiger partial charge in [0, 0.05) is 35.1 Å². The van der Waals surface area contributed by atoms with E-state index in [0.29, 0.717) is 11.4 Å². The summed E-state index contributed by atoms with van der Waals surface area (Å²) in [4.78, 5) is 10.0. The smallest absolute Gasteiger partial charge is 0.280 e. The first-order chi connectivity index (χ1) is 15.4. The highest BCUT2D eigenvalue weighted by molar-refractivity contribution is 7.92. The van der Waals surface area contributed by atoms with Crippen molar-refractivity contribution in [2.24, 2.45) is 0 Å². The number of hydrogen-bond acceptors (Lipinski definition) is 7. The molecule has 0 aliphatic rings. The van der Waals surface area contributed by atoms with Gasteiger partial charge in [-0.25, -0.2) is 18.7 Å². The van der Waals surface area contributed by atoms with Gasteiger partial charge in [0.1, 0.15) is 11.6 Å². The van der Waals surface area contributed by atoms with Crippen molar-refractivity contribution >= 4 is 32.9 Å². The third kappa shape index (κ3) is 6.04. The molecule has 7 nitrogen and oxygen atoms in total. The Balaban J connectivity index is 1.81. The first-order valence-corrected chi connectivity index (χ1v) is 12.6. The maximum Gasteiger partial charge on any atom is 0.280 e. The predicted octanol–water partition coefficient (Wildman–Crippen LogP) is 4.77. The van der Waals surface area contributed by atoms with Crippen LogP contribution in [0.25, 0.3) is 0 Å². The molecule has 3 aromatic rings. The predicted molar refractivity (Wildman–Crippen MR) is 127 cm³/mol. The van der Waals surface area contributed by atoms with Gasteiger partial charge in [0.05, 0.1) is 16.9 Å². The first-order valence-electron chi connectivity index (χ1n) is 10.2. The fraction of sp³-hybridized carbons (Fsp3) is 0.364. The fourth-order valence-corrected chi connectivity index (χ4v) is 4.54. The Morgan fingerprint density at radius 1 is 1.09 bits per heavy atom. The monoisotopic (exact) mass is 495 g/mol. The van der Waals surface area contributed by atoms with Gasteiger partial charge >= 0.3 is 0 Å². The summed E-state index contributed by atoms with van der Waals surface area (Å²) in [7, 11) is -2.04. The van der Waals surface area contributed by atoms with Crippen molar-refractivity contribution in [1.82, 2.24) is 14.9 Å². The second-order valence-corrected chi connectivity index (χ2v) is 11.0. The van der Waals surface area contributed by atoms with Crippen LogP contribution in [0, 0.1) is 18.6 Å². The molecule has 0 amide bonds. The van der Waals surface area contributed by atoms with Crippen molar-refractivity contribution in [3.05, 3.63) is 63.6 Å². The Labute approximate surface area is 196 Å². The highest BCUT2D eigenvalue weighted by Gasteiger charge is 2.22. The molecule has 0 saturated heterocycles. The molecule has 178 valence electrons. The summed E-state index contributed by atoms with van der Waals surface area (Å²) >= 11 is 1.26. The van der Waals surface area contributed by atoms with Gasteiger partial charge in [0.25, 0.3) is 10.0 Å². The molecule has 11 heteroatoms. The summed E-state index contributed by atoms with van der Waals surface area (Å²) in [6.07, 6.45) is 0. The number of anilines is 2. The molecule has 1 aromatic carbocycles. The number of nitrogens with zero attached hydrogens (tertiary/aromatic N) is 3. The average Bonchev–Trinajstić information content (AvgIpc) is 3.22. The van der Waals surface area contributed by atoms with Gasteiger partial charge in [-0.15, -0.1) is 11.3 Å². The van der Waals surface area contributed by atoms with Gasteiger partial charge in [-0.1, -0.05) is 0 Å². The van der Waals surface area contributed by atoms with Crippen LogP contribution in [0.4, 0.5) is 20.3 Å². The first kappa shape index (κ1) is 25.0. The Hall–Kier alpha value is -2.63. The third-order valence-electron chi connectivity index (χ3n) is 5.32. The van der Waals surface area contributed by atoms with Crippen LogP contribution in [0.3, 0.4) is 0 Å². The number of benzene rings is 1. The molecule has 0 aliphatic carbocycles. The van der Waals surface area contributed by atoms with Crippen LogP contribution >= 0.6 is 11.3 Å². The van der Waals surface area contributed by atoms with E-state index in [2.05, 4.69) is 20.0 Å². The molecule has 3 rings (SSSR count). The topological polar surface area (TPSA) is 87.2 Å². The van der Waals surface area contributed by atoms with Gasteiger partial charge < -0.3 is 5.32 Å². The number of pyridine rings is 1. The molecule has 0 bridgehead atoms. The minimum absolute atomic E-state index is 0.0165. The largest absolute Gasteiger partial charge is 0.379 e. The van der Waals surface area contributed by atoms with Crippen LogP contribution in [0.2, 0.25) is 0 Å². The van der Waals surface area contributed by atoms with Gasteiger partial charge in [0.2, 0.25) is 0 Å². The Bertz CT molecular complexity index is 1230. The van der Waals surface area contributed by atoms with E-state index in [4.69, 9.17) is 0 Å². The third-order valence-corrected chi connectivity index (χ3v) is 7.16. The standard InChI is InChI=1S/C22H27F2N5O2S2/c1-14-19(8-9-21(27-14)33(30,31)28-20-12-32-13-26-20)25-10-15-16(11-29(5)22(2,3)4)18(24)7-6-17(15)23/h6-9,12-13,25,28H,10-11H2,1-5H3. The van der Waals surface area contributed by atoms with E-state index in [9.17, 15) is 17.2 Å². The van der Waals surface area contributed by atoms with Crippen LogP contribution < -0.4 is 10.0 Å². The lowest BCUT2D eigenvalue weighted by Gasteiger charge is -2.32. The summed E-state index contributed by atoms with van der Waals surface area (Å²) in [6.45, 7) is 7.88. The molecule has 0 fully saturated rings. The lowest BCUT2D eigenvalue weighted by molar-refractivity contribution is 0.165. The van der Waals surface area contributed by atoms with Crippen LogP contribution in [0.15, 0.2) is 40.2 Å². The fourth-order valence-electron chi connectivity index (χ4n) is 2.98. The zero-order valence-corrected chi connectivity index (χ0v) is 20.7. The summed E-state index contributed by atoms with van der Waals surface area (Å²) in [6, 6.07) is 5.14. The maximum atomic E-state index is 14.6. The number of thiazole rings is 1. The van der Waals surface area contributed by atoms with Crippen LogP contribution in [-0.4, -0.2) is 35.9 Å². The Morgan fingerprint density at radius 3 is 2.33 bits per heavy atom. The van der Waals surface area contributed by atoms with Crippen LogP contribution in [0.5, 0.6) is 0 Å². The van der Waals surface area contributed by atoms with E-state index in [0.717, 1.165) is 12.1 Å². The number of nitrogens with one attached hydrogen (secondary N) is 2. The van der Waals surface area contributed by atoms with Gasteiger partial charge in [-0.05, 0) is 59.0 Å². The molecular weight excluding hydrogens is 468 g/mol. The van der Waals surface area contributed by atoms with Gasteiger partial charge in [0.15, 0.2) is 10.8 Å². The van der Waals surface area contributed by atoms with E-state index >= 15 is 0 Å². The van der Waals surface area contributed by atoms with Gasteiger partial charge in [-0.3, -0.25) is 9.62 Å². The highest BCUT2D eigenvalue weighted by atomic mass is 32.2. The number of rotatable bonds is 8. The van der Waals surface area contributed by atoms with Gasteiger partial charge in [-0.2, -0.15) is 8.42 Å². The zero-order chi connectivity index (χ0) is 24.4. The lowest BCUT2D eigenvalue weighted by Crippen LogP contribution is -2.38. The van der Waals surface area contributed by atoms with E-state index < -0.39 is 21.7 Å². The van der Waals surface area contributed by atoms with Crippen LogP contribution in [-0.2, 0) is 23.1 Å². The van der Waals surface area contributed by atoms with Crippen molar-refractivity contribution < 1.29 is 17.2 Å². The van der Waals surface area contributed by atoms with Crippen molar-refractivity contribution in [2.75, 3.05) is 17.1 Å². The van der Waals surface area contributed by atoms with E-state index in [1.165, 1.54) is 22.9 Å². The molecule has 0 atom stereocenters. The Kier molecular flexibility index (Phi) is 7.35. The number of aryl methyl sites for hydroxylation is 1.